The number of carbonyl (C=O) groups is 2. The molecule has 4 rings (SSSR count). The summed E-state index contributed by atoms with van der Waals surface area (Å²) in [5, 5.41) is 0. The largest absolute Gasteiger partial charge is 0.463 e. The molecule has 0 aliphatic carbocycles. The molecule has 0 heterocycles. The maximum Gasteiger partial charge on any atom is 0.333 e. The summed E-state index contributed by atoms with van der Waals surface area (Å²) in [6, 6.07) is 16.9. The molecule has 0 saturated heterocycles. The minimum Gasteiger partial charge on any atom is -0.463 e. The molecule has 0 bridgehead atoms. The van der Waals surface area contributed by atoms with Gasteiger partial charge < -0.3 is 18.9 Å². The van der Waals surface area contributed by atoms with Gasteiger partial charge >= 0.3 is 11.9 Å². The van der Waals surface area contributed by atoms with Crippen molar-refractivity contribution in [2.45, 2.75) is 50.3 Å². The predicted octanol–water partition coefficient (Wildman–Crippen LogP) is 9.45. The van der Waals surface area contributed by atoms with Crippen LogP contribution < -0.4 is 18.9 Å². The van der Waals surface area contributed by atoms with E-state index in [0.717, 1.165) is 35.6 Å². The molecule has 4 aromatic rings. The van der Waals surface area contributed by atoms with E-state index in [1.54, 1.807) is 38.1 Å². The first-order valence-electron chi connectivity index (χ1n) is 17.2. The minimum absolute atomic E-state index is 0.134. The third-order valence-corrected chi connectivity index (χ3v) is 9.46. The molecule has 0 radical (unpaired) electrons. The maximum absolute atomic E-state index is 14.7. The van der Waals surface area contributed by atoms with Crippen molar-refractivity contribution in [1.82, 2.24) is 9.44 Å². The van der Waals surface area contributed by atoms with E-state index in [-0.39, 0.29) is 47.0 Å². The van der Waals surface area contributed by atoms with E-state index in [0.29, 0.717) is 24.4 Å². The second kappa shape index (κ2) is 21.2. The molecule has 0 aromatic heterocycles. The van der Waals surface area contributed by atoms with Crippen LogP contribution in [-0.4, -0.2) is 42.5 Å². The van der Waals surface area contributed by atoms with Gasteiger partial charge in [-0.2, -0.15) is 0 Å². The molecule has 9 nitrogen and oxygen atoms in total. The number of halogens is 4. The average molecular weight is 801 g/mol. The number of benzene rings is 4. The standard InChI is InChI=1S/C40H40F4N2O7S2/c1-5-50-39(47)25(3)19-27-21-33(41)37(34(42)22-27)52-29-9-13-31(14-10-29)54-45-17-7-8-18-46-55(49)32-15-11-30(12-16-32)53-38-35(43)23-28(24-36(38)44)20-26(4)40(48)51-6-2/h9-16,19-24,45-46H,5-8,17-18H2,1-4H3/b25-19+,26-20+. The first kappa shape index (κ1) is 42.8. The monoisotopic (exact) mass is 800 g/mol. The molecule has 1 unspecified atom stereocenters. The first-order chi connectivity index (χ1) is 26.4. The van der Waals surface area contributed by atoms with Crippen molar-refractivity contribution < 1.29 is 50.3 Å². The van der Waals surface area contributed by atoms with E-state index in [1.165, 1.54) is 62.2 Å². The Hall–Kier alpha value is -4.96. The number of hydrogen-bond acceptors (Lipinski definition) is 9. The van der Waals surface area contributed by atoms with Crippen LogP contribution in [0.3, 0.4) is 0 Å². The highest BCUT2D eigenvalue weighted by molar-refractivity contribution is 7.97. The Balaban J connectivity index is 1.16. The Labute approximate surface area is 323 Å². The van der Waals surface area contributed by atoms with E-state index in [2.05, 4.69) is 9.44 Å². The van der Waals surface area contributed by atoms with Crippen molar-refractivity contribution >= 4 is 47.0 Å². The summed E-state index contributed by atoms with van der Waals surface area (Å²) in [6.45, 7) is 7.76. The van der Waals surface area contributed by atoms with Gasteiger partial charge in [0.1, 0.15) is 22.5 Å². The molecule has 0 spiro atoms. The van der Waals surface area contributed by atoms with Crippen LogP contribution >= 0.6 is 11.9 Å². The van der Waals surface area contributed by atoms with E-state index < -0.39 is 57.7 Å². The van der Waals surface area contributed by atoms with Crippen molar-refractivity contribution in [3.63, 3.8) is 0 Å². The molecule has 0 saturated carbocycles. The second-order valence-electron chi connectivity index (χ2n) is 11.7. The number of nitrogens with one attached hydrogen (secondary N) is 2. The van der Waals surface area contributed by atoms with Gasteiger partial charge in [-0.3, -0.25) is 4.72 Å². The maximum atomic E-state index is 14.7. The molecule has 1 atom stereocenters. The van der Waals surface area contributed by atoms with Crippen LogP contribution in [0.25, 0.3) is 12.2 Å². The number of hydrogen-bond donors (Lipinski definition) is 2. The Morgan fingerprint density at radius 1 is 0.673 bits per heavy atom. The summed E-state index contributed by atoms with van der Waals surface area (Å²) < 4.78 is 98.3. The fourth-order valence-electron chi connectivity index (χ4n) is 4.78. The van der Waals surface area contributed by atoms with Gasteiger partial charge in [0.2, 0.25) is 0 Å². The normalized spacial score (nSPS) is 12.3. The molecule has 55 heavy (non-hydrogen) atoms. The van der Waals surface area contributed by atoms with Gasteiger partial charge in [0.15, 0.2) is 34.8 Å². The summed E-state index contributed by atoms with van der Waals surface area (Å²) in [6.07, 6.45) is 4.13. The number of carbonyl (C=O) groups excluding carboxylic acids is 2. The molecular formula is C40H40F4N2O7S2. The van der Waals surface area contributed by atoms with Crippen LogP contribution in [-0.2, 0) is 30.0 Å². The van der Waals surface area contributed by atoms with Crippen LogP contribution in [0.2, 0.25) is 0 Å². The van der Waals surface area contributed by atoms with Crippen molar-refractivity contribution in [2.24, 2.45) is 0 Å². The number of rotatable bonds is 19. The van der Waals surface area contributed by atoms with Gasteiger partial charge in [0.05, 0.1) is 18.1 Å². The van der Waals surface area contributed by atoms with E-state index >= 15 is 0 Å². The summed E-state index contributed by atoms with van der Waals surface area (Å²) in [7, 11) is -1.53. The Morgan fingerprint density at radius 3 is 1.53 bits per heavy atom. The molecule has 0 fully saturated rings. The lowest BCUT2D eigenvalue weighted by molar-refractivity contribution is -0.139. The smallest absolute Gasteiger partial charge is 0.333 e. The first-order valence-corrected chi connectivity index (χ1v) is 19.1. The zero-order valence-corrected chi connectivity index (χ0v) is 32.1. The molecule has 15 heteroatoms. The summed E-state index contributed by atoms with van der Waals surface area (Å²) in [5.74, 6) is -5.71. The number of ether oxygens (including phenoxy) is 4. The SMILES string of the molecule is CCOC(=O)/C(C)=C/c1cc(F)c(Oc2ccc(SNCCCCNS(=O)c3ccc(Oc4c(F)cc(/C=C(\C)C(=O)OCC)cc4F)cc3)cc2)c(F)c1. The lowest BCUT2D eigenvalue weighted by Gasteiger charge is -2.11. The zero-order valence-electron chi connectivity index (χ0n) is 30.5. The Bertz CT molecular complexity index is 2000. The highest BCUT2D eigenvalue weighted by Gasteiger charge is 2.16. The van der Waals surface area contributed by atoms with Crippen LogP contribution in [0.1, 0.15) is 51.7 Å². The lowest BCUT2D eigenvalue weighted by atomic mass is 10.1. The van der Waals surface area contributed by atoms with Gasteiger partial charge in [-0.05, 0) is 149 Å². The van der Waals surface area contributed by atoms with Crippen LogP contribution in [0.5, 0.6) is 23.0 Å². The molecule has 4 aromatic carbocycles. The zero-order chi connectivity index (χ0) is 39.9. The van der Waals surface area contributed by atoms with Crippen LogP contribution in [0, 0.1) is 23.3 Å². The van der Waals surface area contributed by atoms with Gasteiger partial charge in [0, 0.05) is 29.1 Å². The second-order valence-corrected chi connectivity index (χ2v) is 14.0. The molecule has 292 valence electrons. The Kier molecular flexibility index (Phi) is 16.5. The highest BCUT2D eigenvalue weighted by Crippen LogP contribution is 2.32. The third-order valence-electron chi connectivity index (χ3n) is 7.43. The van der Waals surface area contributed by atoms with Crippen molar-refractivity contribution in [1.29, 1.82) is 0 Å². The summed E-state index contributed by atoms with van der Waals surface area (Å²) in [5.41, 5.74) is 0.685. The van der Waals surface area contributed by atoms with Crippen molar-refractivity contribution in [3.8, 4) is 23.0 Å². The Morgan fingerprint density at radius 2 is 1.09 bits per heavy atom. The number of unbranched alkanes of at least 4 members (excludes halogenated alkanes) is 1. The third kappa shape index (κ3) is 13.1. The van der Waals surface area contributed by atoms with Gasteiger partial charge in [-0.25, -0.2) is 36.1 Å². The molecule has 0 aliphatic rings. The average Bonchev–Trinajstić information content (AvgIpc) is 3.15. The molecular weight excluding hydrogens is 761 g/mol. The lowest BCUT2D eigenvalue weighted by Crippen LogP contribution is -2.19. The fraction of sp³-hybridized carbons (Fsp3) is 0.250. The van der Waals surface area contributed by atoms with Crippen molar-refractivity contribution in [3.05, 3.63) is 118 Å². The van der Waals surface area contributed by atoms with Crippen molar-refractivity contribution in [2.75, 3.05) is 26.3 Å². The van der Waals surface area contributed by atoms with E-state index in [9.17, 15) is 31.4 Å². The van der Waals surface area contributed by atoms with Crippen LogP contribution in [0.15, 0.2) is 93.7 Å². The summed E-state index contributed by atoms with van der Waals surface area (Å²) >= 11 is 1.37. The topological polar surface area (TPSA) is 112 Å². The van der Waals surface area contributed by atoms with Gasteiger partial charge in [-0.15, -0.1) is 0 Å². The fourth-order valence-corrected chi connectivity index (χ4v) is 6.34. The molecule has 0 aliphatic heterocycles. The number of esters is 2. The predicted molar refractivity (Wildman–Crippen MR) is 204 cm³/mol. The summed E-state index contributed by atoms with van der Waals surface area (Å²) in [4.78, 5) is 24.9. The molecule has 0 amide bonds. The van der Waals surface area contributed by atoms with E-state index in [1.807, 2.05) is 0 Å². The van der Waals surface area contributed by atoms with Gasteiger partial charge in [-0.1, -0.05) is 0 Å². The van der Waals surface area contributed by atoms with E-state index in [4.69, 9.17) is 18.9 Å². The molecule has 2 N–H and O–H groups in total. The minimum atomic E-state index is -1.53. The quantitative estimate of drug-likeness (QED) is 0.0315. The van der Waals surface area contributed by atoms with Crippen LogP contribution in [0.4, 0.5) is 17.6 Å². The highest BCUT2D eigenvalue weighted by atomic mass is 32.2. The van der Waals surface area contributed by atoms with Gasteiger partial charge in [0.25, 0.3) is 0 Å².